The summed E-state index contributed by atoms with van der Waals surface area (Å²) in [7, 11) is 0. The maximum absolute atomic E-state index is 12.6. The molecule has 0 radical (unpaired) electrons. The van der Waals surface area contributed by atoms with E-state index in [0.29, 0.717) is 46.5 Å². The smallest absolute Gasteiger partial charge is 0.323 e. The lowest BCUT2D eigenvalue weighted by Gasteiger charge is -2.11. The van der Waals surface area contributed by atoms with E-state index in [1.165, 1.54) is 22.4 Å². The average molecular weight is 448 g/mol. The molecular formula is C20H21ClN6O2S. The summed E-state index contributed by atoms with van der Waals surface area (Å²) >= 11 is 7.30. The summed E-state index contributed by atoms with van der Waals surface area (Å²) in [6.45, 7) is -1.43. The van der Waals surface area contributed by atoms with Crippen LogP contribution in [0.4, 0.5) is 16.2 Å². The van der Waals surface area contributed by atoms with Crippen molar-refractivity contribution in [1.29, 1.82) is 0 Å². The molecule has 1 aromatic carbocycles. The Morgan fingerprint density at radius 3 is 3.00 bits per heavy atom. The monoisotopic (exact) mass is 447 g/mol. The summed E-state index contributed by atoms with van der Waals surface area (Å²) in [6.07, 6.45) is 3.71. The lowest BCUT2D eigenvalue weighted by atomic mass is 10.2. The number of amides is 3. The molecule has 4 rings (SSSR count). The van der Waals surface area contributed by atoms with Crippen LogP contribution in [0.2, 0.25) is 5.02 Å². The minimum Gasteiger partial charge on any atom is -0.347 e. The molecule has 0 saturated carbocycles. The Morgan fingerprint density at radius 1 is 1.33 bits per heavy atom. The molecule has 0 aliphatic carbocycles. The van der Waals surface area contributed by atoms with Crippen molar-refractivity contribution in [3.63, 3.8) is 0 Å². The summed E-state index contributed by atoms with van der Waals surface area (Å²) in [6, 6.07) is 7.92. The van der Waals surface area contributed by atoms with Crippen LogP contribution in [0.15, 0.2) is 48.1 Å². The van der Waals surface area contributed by atoms with Gasteiger partial charge in [0.2, 0.25) is 0 Å². The maximum Gasteiger partial charge on any atom is 0.323 e. The van der Waals surface area contributed by atoms with E-state index in [9.17, 15) is 9.59 Å². The molecular weight excluding hydrogens is 424 g/mol. The summed E-state index contributed by atoms with van der Waals surface area (Å²) in [5.74, 6) is -0.256. The molecule has 3 heterocycles. The van der Waals surface area contributed by atoms with Crippen molar-refractivity contribution in [2.75, 3.05) is 30.7 Å². The zero-order valence-corrected chi connectivity index (χ0v) is 17.3. The van der Waals surface area contributed by atoms with Gasteiger partial charge in [-0.3, -0.25) is 4.79 Å². The van der Waals surface area contributed by atoms with Crippen molar-refractivity contribution in [2.24, 2.45) is 0 Å². The van der Waals surface area contributed by atoms with Gasteiger partial charge in [-0.15, -0.1) is 11.3 Å². The van der Waals surface area contributed by atoms with Crippen molar-refractivity contribution in [3.8, 4) is 5.69 Å². The number of nitrogens with zero attached hydrogens (tertiary/aromatic N) is 3. The Morgan fingerprint density at radius 2 is 2.20 bits per heavy atom. The molecule has 3 N–H and O–H groups in total. The predicted octanol–water partition coefficient (Wildman–Crippen LogP) is 3.67. The van der Waals surface area contributed by atoms with Gasteiger partial charge in [0, 0.05) is 22.1 Å². The van der Waals surface area contributed by atoms with E-state index < -0.39 is 13.0 Å². The number of anilines is 2. The molecule has 10 heteroatoms. The molecule has 1 aliphatic heterocycles. The highest BCUT2D eigenvalue weighted by molar-refractivity contribution is 7.12. The van der Waals surface area contributed by atoms with Crippen LogP contribution in [0.3, 0.4) is 0 Å². The van der Waals surface area contributed by atoms with E-state index >= 15 is 0 Å². The van der Waals surface area contributed by atoms with Crippen molar-refractivity contribution < 1.29 is 13.7 Å². The van der Waals surface area contributed by atoms with Crippen LogP contribution in [-0.4, -0.2) is 52.7 Å². The van der Waals surface area contributed by atoms with Gasteiger partial charge in [-0.1, -0.05) is 23.7 Å². The Balaban J connectivity index is 1.34. The molecule has 2 aromatic heterocycles. The van der Waals surface area contributed by atoms with Crippen LogP contribution in [0, 0.1) is 0 Å². The average Bonchev–Trinajstić information content (AvgIpc) is 3.49. The fourth-order valence-electron chi connectivity index (χ4n) is 3.08. The van der Waals surface area contributed by atoms with E-state index in [4.69, 9.17) is 15.7 Å². The van der Waals surface area contributed by atoms with E-state index in [1.54, 1.807) is 46.6 Å². The van der Waals surface area contributed by atoms with Gasteiger partial charge in [0.05, 0.1) is 39.4 Å². The lowest BCUT2D eigenvalue weighted by molar-refractivity contribution is 0.0942. The Hall–Kier alpha value is -2.88. The third kappa shape index (κ3) is 4.81. The van der Waals surface area contributed by atoms with E-state index in [-0.39, 0.29) is 11.9 Å². The standard InChI is InChI=1S/C20H21ClN6O2S/c1-26-7-6-13(10-26)23-19(28)18-8-15(12-30-18)27-11-14(9-22-27)24-20(29)25-17-5-3-2-4-16(17)21/h2-5,8-9,11-13H,6-7,10H2,1H3,(H,23,28)(H2,24,25,29)/t13-/m1/s1/i1D3. The molecule has 0 spiro atoms. The maximum atomic E-state index is 12.6. The number of benzene rings is 1. The van der Waals surface area contributed by atoms with Crippen LogP contribution in [0.5, 0.6) is 0 Å². The first-order chi connectivity index (χ1) is 15.7. The van der Waals surface area contributed by atoms with Crippen molar-refractivity contribution >= 4 is 46.3 Å². The number of urea groups is 1. The number of likely N-dealkylation sites (N-methyl/N-ethyl adjacent to an activating group) is 1. The molecule has 1 atom stereocenters. The zero-order valence-electron chi connectivity index (χ0n) is 18.8. The number of para-hydroxylation sites is 1. The number of halogens is 1. The second-order valence-electron chi connectivity index (χ2n) is 6.81. The number of carbonyl (C=O) groups is 2. The Kier molecular flexibility index (Phi) is 4.98. The number of aromatic nitrogens is 2. The number of hydrogen-bond acceptors (Lipinski definition) is 5. The fraction of sp³-hybridized carbons (Fsp3) is 0.250. The minimum atomic E-state index is -2.15. The van der Waals surface area contributed by atoms with Crippen LogP contribution in [0.25, 0.3) is 5.69 Å². The lowest BCUT2D eigenvalue weighted by Crippen LogP contribution is -2.36. The van der Waals surface area contributed by atoms with Gasteiger partial charge in [0.25, 0.3) is 5.91 Å². The number of thiophene rings is 1. The topological polar surface area (TPSA) is 91.3 Å². The number of nitrogens with one attached hydrogen (secondary N) is 3. The first-order valence-corrected chi connectivity index (χ1v) is 10.5. The third-order valence-corrected chi connectivity index (χ3v) is 5.81. The van der Waals surface area contributed by atoms with Gasteiger partial charge < -0.3 is 20.9 Å². The Labute approximate surface area is 187 Å². The minimum absolute atomic E-state index is 0.208. The molecule has 156 valence electrons. The Bertz CT molecular complexity index is 1160. The highest BCUT2D eigenvalue weighted by Gasteiger charge is 2.22. The number of carbonyl (C=O) groups excluding carboxylic acids is 2. The van der Waals surface area contributed by atoms with Crippen molar-refractivity contribution in [1.82, 2.24) is 20.0 Å². The molecule has 3 aromatic rings. The van der Waals surface area contributed by atoms with Crippen LogP contribution < -0.4 is 16.0 Å². The van der Waals surface area contributed by atoms with Crippen molar-refractivity contribution in [3.05, 3.63) is 58.0 Å². The summed E-state index contributed by atoms with van der Waals surface area (Å²) < 4.78 is 24.0. The van der Waals surface area contributed by atoms with Gasteiger partial charge in [-0.05, 0) is 38.1 Å². The number of likely N-dealkylation sites (tertiary alicyclic amines) is 1. The normalized spacial score (nSPS) is 18.3. The summed E-state index contributed by atoms with van der Waals surface area (Å²) in [5, 5.41) is 14.7. The van der Waals surface area contributed by atoms with Crippen LogP contribution >= 0.6 is 22.9 Å². The quantitative estimate of drug-likeness (QED) is 0.556. The molecule has 30 heavy (non-hydrogen) atoms. The molecule has 8 nitrogen and oxygen atoms in total. The van der Waals surface area contributed by atoms with E-state index in [2.05, 4.69) is 21.0 Å². The van der Waals surface area contributed by atoms with E-state index in [0.717, 1.165) is 0 Å². The molecule has 1 aliphatic rings. The third-order valence-electron chi connectivity index (χ3n) is 4.56. The first-order valence-electron chi connectivity index (χ1n) is 10.7. The molecule has 0 unspecified atom stereocenters. The summed E-state index contributed by atoms with van der Waals surface area (Å²) in [4.78, 5) is 26.7. The van der Waals surface area contributed by atoms with Crippen LogP contribution in [-0.2, 0) is 0 Å². The van der Waals surface area contributed by atoms with Gasteiger partial charge in [-0.25, -0.2) is 9.48 Å². The van der Waals surface area contributed by atoms with Gasteiger partial charge in [0.1, 0.15) is 0 Å². The van der Waals surface area contributed by atoms with E-state index in [1.807, 2.05) is 0 Å². The highest BCUT2D eigenvalue weighted by Crippen LogP contribution is 2.22. The van der Waals surface area contributed by atoms with Crippen LogP contribution in [0.1, 0.15) is 20.2 Å². The molecule has 1 saturated heterocycles. The molecule has 0 bridgehead atoms. The van der Waals surface area contributed by atoms with Gasteiger partial charge in [-0.2, -0.15) is 5.10 Å². The van der Waals surface area contributed by atoms with Crippen molar-refractivity contribution in [2.45, 2.75) is 12.5 Å². The molecule has 1 fully saturated rings. The predicted molar refractivity (Wildman–Crippen MR) is 119 cm³/mol. The highest BCUT2D eigenvalue weighted by atomic mass is 35.5. The second-order valence-corrected chi connectivity index (χ2v) is 8.13. The first kappa shape index (κ1) is 16.9. The second kappa shape index (κ2) is 8.86. The fourth-order valence-corrected chi connectivity index (χ4v) is 4.04. The number of rotatable bonds is 5. The molecule has 3 amide bonds. The van der Waals surface area contributed by atoms with Gasteiger partial charge >= 0.3 is 6.03 Å². The largest absolute Gasteiger partial charge is 0.347 e. The summed E-state index contributed by atoms with van der Waals surface area (Å²) in [5.41, 5.74) is 1.62. The zero-order chi connectivity index (χ0) is 23.6. The number of hydrogen-bond donors (Lipinski definition) is 3. The van der Waals surface area contributed by atoms with Gasteiger partial charge in [0.15, 0.2) is 0 Å². The SMILES string of the molecule is [2H]C([2H])([2H])N1CC[C@@H](NC(=O)c2cc(-n3cc(NC(=O)Nc4ccccc4Cl)cn3)cs2)C1.